The first-order valence-electron chi connectivity index (χ1n) is 29.3. The van der Waals surface area contributed by atoms with E-state index in [1.54, 1.807) is 6.92 Å². The highest BCUT2D eigenvalue weighted by Gasteiger charge is 2.41. The second-order valence-corrected chi connectivity index (χ2v) is 21.9. The molecule has 0 spiro atoms. The molecule has 1 aliphatic heterocycles. The molecule has 0 unspecified atom stereocenters. The van der Waals surface area contributed by atoms with Crippen LogP contribution >= 0.6 is 0 Å². The van der Waals surface area contributed by atoms with Crippen LogP contribution in [0.1, 0.15) is 156 Å². The Balaban J connectivity index is 3.59. The molecule has 32 nitrogen and oxygen atoms in total. The summed E-state index contributed by atoms with van der Waals surface area (Å²) in [5.74, 6) is -16.3. The molecule has 1 heterocycles. The Kier molecular flexibility index (Phi) is 36.2. The summed E-state index contributed by atoms with van der Waals surface area (Å²) in [6, 6.07) is -14.8. The predicted octanol–water partition coefficient (Wildman–Crippen LogP) is -3.78. The molecule has 86 heavy (non-hydrogen) atoms. The fourth-order valence-corrected chi connectivity index (χ4v) is 9.25. The number of hydrogen-bond acceptors (Lipinski definition) is 18. The van der Waals surface area contributed by atoms with Crippen molar-refractivity contribution < 1.29 is 87.5 Å². The number of carboxylic acids is 4. The molecule has 10 amide bonds. The Morgan fingerprint density at radius 1 is 0.488 bits per heavy atom. The Hall–Kier alpha value is -7.58. The van der Waals surface area contributed by atoms with Crippen molar-refractivity contribution in [2.45, 2.75) is 217 Å². The topological polar surface area (TPSA) is 549 Å². The van der Waals surface area contributed by atoms with Gasteiger partial charge in [0.05, 0.1) is 12.5 Å². The van der Waals surface area contributed by atoms with Gasteiger partial charge in [0.1, 0.15) is 54.4 Å². The zero-order chi connectivity index (χ0) is 65.2. The van der Waals surface area contributed by atoms with E-state index in [1.165, 1.54) is 6.92 Å². The molecular weight excluding hydrogens is 1130 g/mol. The molecule has 0 saturated carbocycles. The maximum absolute atomic E-state index is 14.6. The van der Waals surface area contributed by atoms with E-state index in [2.05, 4.69) is 42.5 Å². The van der Waals surface area contributed by atoms with Crippen LogP contribution in [-0.2, 0) is 67.1 Å². The van der Waals surface area contributed by atoms with Gasteiger partial charge in [-0.2, -0.15) is 0 Å². The Labute approximate surface area is 499 Å². The Morgan fingerprint density at radius 2 is 0.895 bits per heavy atom. The van der Waals surface area contributed by atoms with Crippen LogP contribution < -0.4 is 71.2 Å². The van der Waals surface area contributed by atoms with Gasteiger partial charge in [-0.25, -0.2) is 4.79 Å². The quantitative estimate of drug-likeness (QED) is 0.0260. The third-order valence-electron chi connectivity index (χ3n) is 14.3. The monoisotopic (exact) mass is 1230 g/mol. The molecule has 488 valence electrons. The molecule has 0 aliphatic carbocycles. The number of carbonyl (C=O) groups is 14. The lowest BCUT2D eigenvalue weighted by Crippen LogP contribution is -2.61. The van der Waals surface area contributed by atoms with Gasteiger partial charge in [-0.05, 0) is 128 Å². The highest BCUT2D eigenvalue weighted by Crippen LogP contribution is 2.22. The van der Waals surface area contributed by atoms with Gasteiger partial charge in [0.25, 0.3) is 0 Å². The average Bonchev–Trinajstić information content (AvgIpc) is 2.61. The average molecular weight is 1230 g/mol. The van der Waals surface area contributed by atoms with Crippen LogP contribution in [0.25, 0.3) is 0 Å². The van der Waals surface area contributed by atoms with Crippen LogP contribution in [0.4, 0.5) is 0 Å². The summed E-state index contributed by atoms with van der Waals surface area (Å²) in [6.07, 6.45) is -1.35. The van der Waals surface area contributed by atoms with Gasteiger partial charge in [0.15, 0.2) is 0 Å². The molecular formula is C54H94N14O18. The van der Waals surface area contributed by atoms with E-state index in [1.807, 2.05) is 13.8 Å². The van der Waals surface area contributed by atoms with Crippen molar-refractivity contribution in [2.75, 3.05) is 26.2 Å². The zero-order valence-corrected chi connectivity index (χ0v) is 49.7. The SMILES string of the molecule is CC[C@H](C)[C@H](NC(=O)[C@H](CCC(=O)O)NC(=O)[C@H](CC(=O)O)NC(=O)[C@H](CCC(=O)O)NC(=O)[C@@H]1CCCN1C(=O)[C@H](CCCCN)NC(=O)[C@H](CCCCN)NC(=O)[C@H](CCCCN)NC(=O)[C@@H](N)CC(C)C)C(=O)N[C@@H](CCC(N)=O)C(=O)O. The van der Waals surface area contributed by atoms with Crippen LogP contribution in [0, 0.1) is 11.8 Å². The number of nitrogens with two attached hydrogens (primary N) is 5. The summed E-state index contributed by atoms with van der Waals surface area (Å²) in [5.41, 5.74) is 28.5. The van der Waals surface area contributed by atoms with Crippen molar-refractivity contribution in [3.63, 3.8) is 0 Å². The molecule has 0 radical (unpaired) electrons. The summed E-state index contributed by atoms with van der Waals surface area (Å²) >= 11 is 0. The fourth-order valence-electron chi connectivity index (χ4n) is 9.25. The maximum atomic E-state index is 14.6. The number of likely N-dealkylation sites (tertiary alicyclic amines) is 1. The van der Waals surface area contributed by atoms with E-state index < -0.39 is 194 Å². The van der Waals surface area contributed by atoms with Crippen LogP contribution in [0.15, 0.2) is 0 Å². The number of unbranched alkanes of at least 4 members (excludes halogenated alkanes) is 3. The van der Waals surface area contributed by atoms with Crippen LogP contribution in [0.5, 0.6) is 0 Å². The minimum Gasteiger partial charge on any atom is -0.481 e. The van der Waals surface area contributed by atoms with E-state index >= 15 is 0 Å². The largest absolute Gasteiger partial charge is 0.481 e. The molecule has 0 aromatic heterocycles. The third-order valence-corrected chi connectivity index (χ3v) is 14.3. The first kappa shape index (κ1) is 76.4. The zero-order valence-electron chi connectivity index (χ0n) is 49.7. The first-order valence-corrected chi connectivity index (χ1v) is 29.3. The van der Waals surface area contributed by atoms with Gasteiger partial charge < -0.3 is 96.5 Å². The number of aliphatic carboxylic acids is 4. The molecule has 0 aromatic carbocycles. The normalized spacial score (nSPS) is 16.4. The lowest BCUT2D eigenvalue weighted by molar-refractivity contribution is -0.143. The molecule has 11 atom stereocenters. The summed E-state index contributed by atoms with van der Waals surface area (Å²) in [4.78, 5) is 186. The highest BCUT2D eigenvalue weighted by atomic mass is 16.4. The minimum absolute atomic E-state index is 0.00297. The molecule has 22 N–H and O–H groups in total. The number of nitrogens with one attached hydrogen (secondary N) is 8. The van der Waals surface area contributed by atoms with Crippen molar-refractivity contribution in [2.24, 2.45) is 40.5 Å². The van der Waals surface area contributed by atoms with E-state index in [4.69, 9.17) is 28.7 Å². The molecule has 0 bridgehead atoms. The Bertz CT molecular complexity index is 2310. The molecule has 1 aliphatic rings. The van der Waals surface area contributed by atoms with Crippen molar-refractivity contribution in [3.05, 3.63) is 0 Å². The molecule has 0 aromatic rings. The summed E-state index contributed by atoms with van der Waals surface area (Å²) in [6.45, 7) is 7.65. The predicted molar refractivity (Wildman–Crippen MR) is 308 cm³/mol. The molecule has 1 fully saturated rings. The van der Waals surface area contributed by atoms with Gasteiger partial charge in [-0.15, -0.1) is 0 Å². The summed E-state index contributed by atoms with van der Waals surface area (Å²) in [5, 5.41) is 58.1. The second kappa shape index (κ2) is 40.7. The lowest BCUT2D eigenvalue weighted by atomic mass is 9.96. The van der Waals surface area contributed by atoms with Gasteiger partial charge in [0.2, 0.25) is 59.1 Å². The van der Waals surface area contributed by atoms with E-state index in [-0.39, 0.29) is 64.1 Å². The van der Waals surface area contributed by atoms with Crippen LogP contribution in [0.3, 0.4) is 0 Å². The van der Waals surface area contributed by atoms with E-state index in [0.717, 1.165) is 4.90 Å². The second-order valence-electron chi connectivity index (χ2n) is 21.9. The lowest BCUT2D eigenvalue weighted by Gasteiger charge is -2.31. The smallest absolute Gasteiger partial charge is 0.326 e. The number of carboxylic acid groups (broad SMARTS) is 4. The standard InChI is InChI=1S/C54H94N14O18/c1-5-30(4)44(52(83)65-37(54(85)86)17-20-40(59)69)67-49(80)35(19-22-42(72)73)62-50(81)38(28-43(74)75)66-48(79)34(18-21-41(70)71)63-51(82)39-16-12-26-68(39)53(84)36(15-8-11-25-57)64-47(78)33(14-7-10-24-56)61-46(77)32(13-6-9-23-55)60-45(76)31(58)27-29(2)3/h29-39,44H,5-28,55-58H2,1-4H3,(H2,59,69)(H,60,76)(H,61,77)(H,62,81)(H,63,82)(H,64,78)(H,65,83)(H,66,79)(H,67,80)(H,70,71)(H,72,73)(H,74,75)(H,85,86)/t30-,31-,32-,33-,34-,35-,36-,37-,38-,39-,44-/m0/s1. The van der Waals surface area contributed by atoms with Crippen LogP contribution in [0.2, 0.25) is 0 Å². The number of primary amides is 1. The third kappa shape index (κ3) is 29.0. The Morgan fingerprint density at radius 3 is 1.34 bits per heavy atom. The fraction of sp³-hybridized carbons (Fsp3) is 0.741. The van der Waals surface area contributed by atoms with Crippen LogP contribution in [-0.4, -0.2) is 195 Å². The van der Waals surface area contributed by atoms with Gasteiger partial charge in [-0.3, -0.25) is 62.3 Å². The van der Waals surface area contributed by atoms with Crippen molar-refractivity contribution in [1.82, 2.24) is 47.4 Å². The number of nitrogens with zero attached hydrogens (tertiary/aromatic N) is 1. The number of amides is 10. The van der Waals surface area contributed by atoms with Crippen molar-refractivity contribution >= 4 is 82.9 Å². The number of rotatable bonds is 45. The van der Waals surface area contributed by atoms with Gasteiger partial charge >= 0.3 is 23.9 Å². The minimum atomic E-state index is -2.10. The van der Waals surface area contributed by atoms with Crippen molar-refractivity contribution in [3.8, 4) is 0 Å². The first-order chi connectivity index (χ1) is 40.5. The molecule has 1 rings (SSSR count). The number of carbonyl (C=O) groups excluding carboxylic acids is 10. The van der Waals surface area contributed by atoms with E-state index in [9.17, 15) is 87.5 Å². The highest BCUT2D eigenvalue weighted by molar-refractivity contribution is 5.99. The number of hydrogen-bond donors (Lipinski definition) is 17. The van der Waals surface area contributed by atoms with Gasteiger partial charge in [0, 0.05) is 25.8 Å². The van der Waals surface area contributed by atoms with Gasteiger partial charge in [-0.1, -0.05) is 34.1 Å². The maximum Gasteiger partial charge on any atom is 0.326 e. The molecule has 32 heteroatoms. The van der Waals surface area contributed by atoms with E-state index in [0.29, 0.717) is 51.5 Å². The van der Waals surface area contributed by atoms with Crippen molar-refractivity contribution in [1.29, 1.82) is 0 Å². The summed E-state index contributed by atoms with van der Waals surface area (Å²) < 4.78 is 0. The summed E-state index contributed by atoms with van der Waals surface area (Å²) in [7, 11) is 0. The molecule has 1 saturated heterocycles.